The molecule has 0 aliphatic carbocycles. The van der Waals surface area contributed by atoms with Crippen LogP contribution in [0.5, 0.6) is 0 Å². The minimum atomic E-state index is -3.38. The van der Waals surface area contributed by atoms with E-state index in [1.165, 1.54) is 9.87 Å². The normalized spacial score (nSPS) is 13.4. The van der Waals surface area contributed by atoms with Gasteiger partial charge in [-0.1, -0.05) is 26.0 Å². The Morgan fingerprint density at radius 1 is 1.13 bits per heavy atom. The zero-order valence-corrected chi connectivity index (χ0v) is 15.5. The molecule has 6 heteroatoms. The third-order valence-corrected chi connectivity index (χ3v) is 6.71. The Morgan fingerprint density at radius 3 is 2.30 bits per heavy atom. The van der Waals surface area contributed by atoms with Crippen LogP contribution in [0, 0.1) is 0 Å². The van der Waals surface area contributed by atoms with Gasteiger partial charge in [-0.2, -0.15) is 15.6 Å². The van der Waals surface area contributed by atoms with Crippen LogP contribution >= 0.6 is 11.3 Å². The maximum absolute atomic E-state index is 12.5. The SMILES string of the molecule is CCN(CC)S(=O)(=O)c1ccc(C(C)NCc2ccsc2)cc1. The molecule has 2 aromatic rings. The summed E-state index contributed by atoms with van der Waals surface area (Å²) < 4.78 is 26.4. The van der Waals surface area contributed by atoms with E-state index in [-0.39, 0.29) is 6.04 Å². The van der Waals surface area contributed by atoms with Crippen molar-refractivity contribution in [2.75, 3.05) is 13.1 Å². The molecule has 1 aromatic carbocycles. The molecule has 0 saturated heterocycles. The number of sulfonamides is 1. The van der Waals surface area contributed by atoms with Crippen LogP contribution in [0.4, 0.5) is 0 Å². The van der Waals surface area contributed by atoms with Crippen molar-refractivity contribution in [1.82, 2.24) is 9.62 Å². The van der Waals surface area contributed by atoms with Gasteiger partial charge in [0.1, 0.15) is 0 Å². The zero-order valence-electron chi connectivity index (χ0n) is 13.8. The Kier molecular flexibility index (Phi) is 6.35. The summed E-state index contributed by atoms with van der Waals surface area (Å²) in [5, 5.41) is 7.64. The fraction of sp³-hybridized carbons (Fsp3) is 0.412. The first-order valence-corrected chi connectivity index (χ1v) is 10.2. The highest BCUT2D eigenvalue weighted by atomic mass is 32.2. The van der Waals surface area contributed by atoms with E-state index in [9.17, 15) is 8.42 Å². The molecule has 1 N–H and O–H groups in total. The highest BCUT2D eigenvalue weighted by Crippen LogP contribution is 2.20. The predicted octanol–water partition coefficient (Wildman–Crippen LogP) is 3.63. The first-order valence-electron chi connectivity index (χ1n) is 7.83. The fourth-order valence-corrected chi connectivity index (χ4v) is 4.55. The van der Waals surface area contributed by atoms with Gasteiger partial charge < -0.3 is 5.32 Å². The van der Waals surface area contributed by atoms with Crippen LogP contribution in [0.3, 0.4) is 0 Å². The molecule has 0 radical (unpaired) electrons. The number of nitrogens with zero attached hydrogens (tertiary/aromatic N) is 1. The molecular formula is C17H24N2O2S2. The van der Waals surface area contributed by atoms with Gasteiger partial charge in [-0.25, -0.2) is 8.42 Å². The topological polar surface area (TPSA) is 49.4 Å². The summed E-state index contributed by atoms with van der Waals surface area (Å²) in [4.78, 5) is 0.356. The van der Waals surface area contributed by atoms with E-state index >= 15 is 0 Å². The van der Waals surface area contributed by atoms with Gasteiger partial charge in [0, 0.05) is 25.7 Å². The van der Waals surface area contributed by atoms with Gasteiger partial charge in [0.15, 0.2) is 0 Å². The molecule has 0 aliphatic rings. The van der Waals surface area contributed by atoms with Gasteiger partial charge in [0.05, 0.1) is 4.90 Å². The lowest BCUT2D eigenvalue weighted by molar-refractivity contribution is 0.445. The van der Waals surface area contributed by atoms with E-state index < -0.39 is 10.0 Å². The Hall–Kier alpha value is -1.21. The summed E-state index contributed by atoms with van der Waals surface area (Å²) in [6, 6.07) is 9.45. The molecule has 0 bridgehead atoms. The maximum Gasteiger partial charge on any atom is 0.243 e. The van der Waals surface area contributed by atoms with Crippen LogP contribution in [0.1, 0.15) is 37.9 Å². The number of rotatable bonds is 8. The van der Waals surface area contributed by atoms with E-state index in [2.05, 4.69) is 29.1 Å². The smallest absolute Gasteiger partial charge is 0.243 e. The van der Waals surface area contributed by atoms with E-state index in [1.807, 2.05) is 26.0 Å². The second-order valence-corrected chi connectivity index (χ2v) is 8.11. The summed E-state index contributed by atoms with van der Waals surface area (Å²) in [6.07, 6.45) is 0. The molecule has 2 rings (SSSR count). The average molecular weight is 353 g/mol. The quantitative estimate of drug-likeness (QED) is 0.789. The molecule has 0 saturated carbocycles. The minimum absolute atomic E-state index is 0.167. The summed E-state index contributed by atoms with van der Waals surface area (Å²) in [5.41, 5.74) is 2.35. The summed E-state index contributed by atoms with van der Waals surface area (Å²) in [6.45, 7) is 7.57. The van der Waals surface area contributed by atoms with Crippen molar-refractivity contribution < 1.29 is 8.42 Å². The summed E-state index contributed by atoms with van der Waals surface area (Å²) >= 11 is 1.69. The van der Waals surface area contributed by atoms with Gasteiger partial charge in [0.25, 0.3) is 0 Å². The molecule has 0 fully saturated rings. The fourth-order valence-electron chi connectivity index (χ4n) is 2.42. The molecule has 4 nitrogen and oxygen atoms in total. The largest absolute Gasteiger partial charge is 0.306 e. The first kappa shape index (κ1) is 18.1. The molecule has 1 heterocycles. The van der Waals surface area contributed by atoms with Gasteiger partial charge in [-0.15, -0.1) is 0 Å². The molecule has 23 heavy (non-hydrogen) atoms. The van der Waals surface area contributed by atoms with E-state index in [1.54, 1.807) is 23.5 Å². The van der Waals surface area contributed by atoms with Gasteiger partial charge in [-0.3, -0.25) is 0 Å². The van der Waals surface area contributed by atoms with Crippen molar-refractivity contribution in [3.63, 3.8) is 0 Å². The van der Waals surface area contributed by atoms with E-state index in [0.717, 1.165) is 12.1 Å². The van der Waals surface area contributed by atoms with Crippen molar-refractivity contribution in [2.45, 2.75) is 38.3 Å². The van der Waals surface area contributed by atoms with Crippen LogP contribution in [0.15, 0.2) is 46.0 Å². The Labute approximate surface area is 143 Å². The standard InChI is InChI=1S/C17H24N2O2S2/c1-4-19(5-2)23(20,21)17-8-6-16(7-9-17)14(3)18-12-15-10-11-22-13-15/h6-11,13-14,18H,4-5,12H2,1-3H3. The van der Waals surface area contributed by atoms with Crippen LogP contribution in [0.25, 0.3) is 0 Å². The number of nitrogens with one attached hydrogen (secondary N) is 1. The van der Waals surface area contributed by atoms with Gasteiger partial charge >= 0.3 is 0 Å². The summed E-state index contributed by atoms with van der Waals surface area (Å²) in [5.74, 6) is 0. The van der Waals surface area contributed by atoms with Crippen LogP contribution in [-0.4, -0.2) is 25.8 Å². The number of hydrogen-bond donors (Lipinski definition) is 1. The predicted molar refractivity (Wildman–Crippen MR) is 96.1 cm³/mol. The molecule has 0 aliphatic heterocycles. The van der Waals surface area contributed by atoms with Crippen molar-refractivity contribution >= 4 is 21.4 Å². The van der Waals surface area contributed by atoms with Crippen LogP contribution in [-0.2, 0) is 16.6 Å². The molecular weight excluding hydrogens is 328 g/mol. The van der Waals surface area contributed by atoms with Gasteiger partial charge in [0.2, 0.25) is 10.0 Å². The van der Waals surface area contributed by atoms with Crippen molar-refractivity contribution in [3.8, 4) is 0 Å². The monoisotopic (exact) mass is 352 g/mol. The highest BCUT2D eigenvalue weighted by Gasteiger charge is 2.21. The molecule has 0 spiro atoms. The Bertz CT molecular complexity index is 691. The molecule has 1 atom stereocenters. The van der Waals surface area contributed by atoms with Crippen molar-refractivity contribution in [2.24, 2.45) is 0 Å². The number of thiophene rings is 1. The van der Waals surface area contributed by atoms with E-state index in [0.29, 0.717) is 18.0 Å². The van der Waals surface area contributed by atoms with E-state index in [4.69, 9.17) is 0 Å². The van der Waals surface area contributed by atoms with Gasteiger partial charge in [-0.05, 0) is 47.0 Å². The van der Waals surface area contributed by atoms with Crippen molar-refractivity contribution in [3.05, 3.63) is 52.2 Å². The Balaban J connectivity index is 2.06. The number of benzene rings is 1. The minimum Gasteiger partial charge on any atom is -0.306 e. The Morgan fingerprint density at radius 2 is 1.78 bits per heavy atom. The molecule has 1 unspecified atom stereocenters. The second kappa shape index (κ2) is 8.06. The molecule has 0 amide bonds. The molecule has 126 valence electrons. The van der Waals surface area contributed by atoms with Crippen LogP contribution < -0.4 is 5.32 Å². The van der Waals surface area contributed by atoms with Crippen LogP contribution in [0.2, 0.25) is 0 Å². The average Bonchev–Trinajstić information content (AvgIpc) is 3.07. The zero-order chi connectivity index (χ0) is 16.9. The summed E-state index contributed by atoms with van der Waals surface area (Å²) in [7, 11) is -3.38. The van der Waals surface area contributed by atoms with Crippen molar-refractivity contribution in [1.29, 1.82) is 0 Å². The molecule has 1 aromatic heterocycles. The lowest BCUT2D eigenvalue weighted by atomic mass is 10.1. The highest BCUT2D eigenvalue weighted by molar-refractivity contribution is 7.89. The lowest BCUT2D eigenvalue weighted by Gasteiger charge is -2.19. The first-order chi connectivity index (χ1) is 11.0. The third-order valence-electron chi connectivity index (χ3n) is 3.92. The third kappa shape index (κ3) is 4.41. The number of hydrogen-bond acceptors (Lipinski definition) is 4. The second-order valence-electron chi connectivity index (χ2n) is 5.39. The maximum atomic E-state index is 12.5. The lowest BCUT2D eigenvalue weighted by Crippen LogP contribution is -2.30.